The molecule has 1 aliphatic carbocycles. The monoisotopic (exact) mass is 294 g/mol. The SMILES string of the molecule is Nc1ncnc2c1c(Nc1ccccc1)nn2C1CCCC1. The quantitative estimate of drug-likeness (QED) is 0.774. The maximum atomic E-state index is 6.08. The van der Waals surface area contributed by atoms with Crippen LogP contribution in [0.2, 0.25) is 0 Å². The molecule has 112 valence electrons. The summed E-state index contributed by atoms with van der Waals surface area (Å²) in [6.07, 6.45) is 6.29. The third-order valence-electron chi connectivity index (χ3n) is 4.23. The molecule has 0 unspecified atom stereocenters. The van der Waals surface area contributed by atoms with E-state index in [0.717, 1.165) is 35.4 Å². The van der Waals surface area contributed by atoms with Crippen molar-refractivity contribution >= 4 is 28.4 Å². The molecule has 1 aromatic carbocycles. The van der Waals surface area contributed by atoms with E-state index in [1.165, 1.54) is 19.2 Å². The summed E-state index contributed by atoms with van der Waals surface area (Å²) in [6.45, 7) is 0. The molecule has 22 heavy (non-hydrogen) atoms. The number of hydrogen-bond donors (Lipinski definition) is 2. The molecular weight excluding hydrogens is 276 g/mol. The summed E-state index contributed by atoms with van der Waals surface area (Å²) in [4.78, 5) is 8.54. The first-order valence-corrected chi connectivity index (χ1v) is 7.63. The van der Waals surface area contributed by atoms with Crippen LogP contribution in [0, 0.1) is 0 Å². The molecule has 0 saturated heterocycles. The van der Waals surface area contributed by atoms with Crippen molar-refractivity contribution in [2.45, 2.75) is 31.7 Å². The van der Waals surface area contributed by atoms with Crippen molar-refractivity contribution in [1.82, 2.24) is 19.7 Å². The van der Waals surface area contributed by atoms with Gasteiger partial charge in [-0.2, -0.15) is 5.10 Å². The number of para-hydroxylation sites is 1. The van der Waals surface area contributed by atoms with E-state index in [2.05, 4.69) is 15.3 Å². The Balaban J connectivity index is 1.83. The number of fused-ring (bicyclic) bond motifs is 1. The van der Waals surface area contributed by atoms with E-state index in [9.17, 15) is 0 Å². The first-order chi connectivity index (χ1) is 10.8. The number of anilines is 3. The van der Waals surface area contributed by atoms with Gasteiger partial charge >= 0.3 is 0 Å². The van der Waals surface area contributed by atoms with Gasteiger partial charge in [-0.1, -0.05) is 31.0 Å². The van der Waals surface area contributed by atoms with Crippen LogP contribution in [0.15, 0.2) is 36.7 Å². The molecular formula is C16H18N6. The predicted octanol–water partition coefficient (Wildman–Crippen LogP) is 3.27. The smallest absolute Gasteiger partial charge is 0.165 e. The van der Waals surface area contributed by atoms with Crippen LogP contribution in [0.1, 0.15) is 31.7 Å². The van der Waals surface area contributed by atoms with E-state index >= 15 is 0 Å². The van der Waals surface area contributed by atoms with E-state index in [0.29, 0.717) is 11.9 Å². The van der Waals surface area contributed by atoms with Crippen molar-refractivity contribution in [3.8, 4) is 0 Å². The number of nitrogen functional groups attached to an aromatic ring is 1. The van der Waals surface area contributed by atoms with Crippen LogP contribution in [-0.4, -0.2) is 19.7 Å². The molecule has 0 bridgehead atoms. The van der Waals surface area contributed by atoms with Gasteiger partial charge in [0.25, 0.3) is 0 Å². The first kappa shape index (κ1) is 13.1. The molecule has 2 heterocycles. The number of rotatable bonds is 3. The lowest BCUT2D eigenvalue weighted by atomic mass is 10.2. The van der Waals surface area contributed by atoms with Crippen molar-refractivity contribution in [2.24, 2.45) is 0 Å². The Labute approximate surface area is 128 Å². The van der Waals surface area contributed by atoms with Crippen LogP contribution >= 0.6 is 0 Å². The Bertz CT molecular complexity index is 789. The number of hydrogen-bond acceptors (Lipinski definition) is 5. The van der Waals surface area contributed by atoms with Crippen LogP contribution in [0.3, 0.4) is 0 Å². The van der Waals surface area contributed by atoms with E-state index in [1.54, 1.807) is 0 Å². The predicted molar refractivity (Wildman–Crippen MR) is 87.0 cm³/mol. The van der Waals surface area contributed by atoms with Gasteiger partial charge in [0.2, 0.25) is 0 Å². The summed E-state index contributed by atoms with van der Waals surface area (Å²) in [7, 11) is 0. The molecule has 1 aliphatic rings. The maximum Gasteiger partial charge on any atom is 0.165 e. The minimum absolute atomic E-state index is 0.406. The second-order valence-electron chi connectivity index (χ2n) is 5.68. The maximum absolute atomic E-state index is 6.08. The molecule has 6 nitrogen and oxygen atoms in total. The summed E-state index contributed by atoms with van der Waals surface area (Å²) >= 11 is 0. The molecule has 3 N–H and O–H groups in total. The average Bonchev–Trinajstić information content (AvgIpc) is 3.17. The third-order valence-corrected chi connectivity index (χ3v) is 4.23. The minimum atomic E-state index is 0.406. The van der Waals surface area contributed by atoms with Crippen molar-refractivity contribution in [3.05, 3.63) is 36.7 Å². The van der Waals surface area contributed by atoms with Crippen LogP contribution in [-0.2, 0) is 0 Å². The highest BCUT2D eigenvalue weighted by Crippen LogP contribution is 2.35. The second kappa shape index (κ2) is 5.29. The average molecular weight is 294 g/mol. The van der Waals surface area contributed by atoms with Gasteiger partial charge in [0.15, 0.2) is 11.5 Å². The zero-order valence-electron chi connectivity index (χ0n) is 12.2. The Morgan fingerprint density at radius 3 is 2.64 bits per heavy atom. The molecule has 0 atom stereocenters. The lowest BCUT2D eigenvalue weighted by Gasteiger charge is -2.09. The first-order valence-electron chi connectivity index (χ1n) is 7.63. The zero-order chi connectivity index (χ0) is 14.9. The van der Waals surface area contributed by atoms with Crippen molar-refractivity contribution < 1.29 is 0 Å². The normalized spacial score (nSPS) is 15.5. The van der Waals surface area contributed by atoms with Gasteiger partial charge in [-0.15, -0.1) is 0 Å². The van der Waals surface area contributed by atoms with Crippen LogP contribution < -0.4 is 11.1 Å². The van der Waals surface area contributed by atoms with Gasteiger partial charge in [0.05, 0.1) is 6.04 Å². The number of benzene rings is 1. The molecule has 4 rings (SSSR count). The molecule has 2 aromatic heterocycles. The fraction of sp³-hybridized carbons (Fsp3) is 0.312. The van der Waals surface area contributed by atoms with Crippen molar-refractivity contribution in [3.63, 3.8) is 0 Å². The topological polar surface area (TPSA) is 81.7 Å². The molecule has 3 aromatic rings. The molecule has 1 fully saturated rings. The fourth-order valence-corrected chi connectivity index (χ4v) is 3.14. The number of aromatic nitrogens is 4. The summed E-state index contributed by atoms with van der Waals surface area (Å²) in [5, 5.41) is 8.89. The number of nitrogens with zero attached hydrogens (tertiary/aromatic N) is 4. The standard InChI is InChI=1S/C16H18N6/c17-14-13-15(20-11-6-2-1-3-7-11)21-22(12-8-4-5-9-12)16(13)19-10-18-14/h1-3,6-7,10,12H,4-5,8-9H2,(H,20,21)(H2,17,18,19). The number of nitrogens with two attached hydrogens (primary N) is 1. The van der Waals surface area contributed by atoms with Crippen LogP contribution in [0.25, 0.3) is 11.0 Å². The van der Waals surface area contributed by atoms with Gasteiger partial charge in [-0.3, -0.25) is 0 Å². The van der Waals surface area contributed by atoms with Crippen molar-refractivity contribution in [1.29, 1.82) is 0 Å². The summed E-state index contributed by atoms with van der Waals surface area (Å²) in [5.41, 5.74) is 7.87. The molecule has 0 amide bonds. The van der Waals surface area contributed by atoms with Gasteiger partial charge < -0.3 is 11.1 Å². The molecule has 0 aliphatic heterocycles. The minimum Gasteiger partial charge on any atom is -0.383 e. The number of nitrogens with one attached hydrogen (secondary N) is 1. The highest BCUT2D eigenvalue weighted by Gasteiger charge is 2.23. The Hall–Kier alpha value is -2.63. The largest absolute Gasteiger partial charge is 0.383 e. The van der Waals surface area contributed by atoms with E-state index < -0.39 is 0 Å². The Kier molecular flexibility index (Phi) is 3.14. The fourth-order valence-electron chi connectivity index (χ4n) is 3.14. The van der Waals surface area contributed by atoms with Crippen LogP contribution in [0.5, 0.6) is 0 Å². The zero-order valence-corrected chi connectivity index (χ0v) is 12.2. The highest BCUT2D eigenvalue weighted by atomic mass is 15.4. The summed E-state index contributed by atoms with van der Waals surface area (Å²) < 4.78 is 2.02. The van der Waals surface area contributed by atoms with Gasteiger partial charge in [0, 0.05) is 5.69 Å². The van der Waals surface area contributed by atoms with Gasteiger partial charge in [-0.05, 0) is 25.0 Å². The van der Waals surface area contributed by atoms with E-state index in [1.807, 2.05) is 35.0 Å². The molecule has 1 saturated carbocycles. The molecule has 6 heteroatoms. The second-order valence-corrected chi connectivity index (χ2v) is 5.68. The Morgan fingerprint density at radius 2 is 1.86 bits per heavy atom. The van der Waals surface area contributed by atoms with Gasteiger partial charge in [0.1, 0.15) is 17.5 Å². The highest BCUT2D eigenvalue weighted by molar-refractivity contribution is 5.97. The van der Waals surface area contributed by atoms with Crippen LogP contribution in [0.4, 0.5) is 17.3 Å². The summed E-state index contributed by atoms with van der Waals surface area (Å²) in [6, 6.07) is 10.4. The Morgan fingerprint density at radius 1 is 1.09 bits per heavy atom. The van der Waals surface area contributed by atoms with E-state index in [-0.39, 0.29) is 0 Å². The lowest BCUT2D eigenvalue weighted by molar-refractivity contribution is 0.480. The lowest BCUT2D eigenvalue weighted by Crippen LogP contribution is -2.07. The third kappa shape index (κ3) is 2.16. The van der Waals surface area contributed by atoms with Gasteiger partial charge in [-0.25, -0.2) is 14.6 Å². The summed E-state index contributed by atoms with van der Waals surface area (Å²) in [5.74, 6) is 1.19. The van der Waals surface area contributed by atoms with E-state index in [4.69, 9.17) is 10.8 Å². The molecule has 0 spiro atoms. The van der Waals surface area contributed by atoms with Crippen molar-refractivity contribution in [2.75, 3.05) is 11.1 Å². The molecule has 0 radical (unpaired) electrons.